The lowest BCUT2D eigenvalue weighted by Gasteiger charge is -2.47. The summed E-state index contributed by atoms with van der Waals surface area (Å²) in [6.07, 6.45) is 1.43. The molecule has 1 saturated heterocycles. The summed E-state index contributed by atoms with van der Waals surface area (Å²) in [4.78, 5) is 22.7. The van der Waals surface area contributed by atoms with E-state index in [1.54, 1.807) is 0 Å². The fraction of sp³-hybridized carbons (Fsp3) is 0.846. The van der Waals surface area contributed by atoms with Gasteiger partial charge in [0.15, 0.2) is 0 Å². The van der Waals surface area contributed by atoms with Gasteiger partial charge in [-0.25, -0.2) is 0 Å². The SMILES string of the molecule is CC(=O)C(C(=O)O)C1CC(C)(C)NC(C)(C)C1. The van der Waals surface area contributed by atoms with Gasteiger partial charge < -0.3 is 10.4 Å². The summed E-state index contributed by atoms with van der Waals surface area (Å²) in [5.74, 6) is -2.18. The van der Waals surface area contributed by atoms with Crippen molar-refractivity contribution in [3.05, 3.63) is 0 Å². The van der Waals surface area contributed by atoms with Gasteiger partial charge in [0, 0.05) is 11.1 Å². The highest BCUT2D eigenvalue weighted by atomic mass is 16.4. The van der Waals surface area contributed by atoms with Crippen LogP contribution in [0.5, 0.6) is 0 Å². The van der Waals surface area contributed by atoms with Crippen molar-refractivity contribution >= 4 is 11.8 Å². The normalized spacial score (nSPS) is 25.2. The number of ketones is 1. The number of aliphatic carboxylic acids is 1. The largest absolute Gasteiger partial charge is 0.481 e. The number of hydrogen-bond acceptors (Lipinski definition) is 3. The Labute approximate surface area is 103 Å². The average molecular weight is 241 g/mol. The molecule has 1 rings (SSSR count). The Balaban J connectivity index is 2.96. The van der Waals surface area contributed by atoms with Crippen molar-refractivity contribution in [1.82, 2.24) is 5.32 Å². The molecule has 0 spiro atoms. The molecule has 0 aromatic heterocycles. The Kier molecular flexibility index (Phi) is 3.67. The van der Waals surface area contributed by atoms with E-state index < -0.39 is 11.9 Å². The molecule has 0 radical (unpaired) electrons. The zero-order chi connectivity index (χ0) is 13.4. The molecule has 4 nitrogen and oxygen atoms in total. The molecule has 1 aliphatic rings. The lowest BCUT2D eigenvalue weighted by atomic mass is 9.70. The van der Waals surface area contributed by atoms with Crippen molar-refractivity contribution in [2.45, 2.75) is 58.5 Å². The van der Waals surface area contributed by atoms with Gasteiger partial charge in [-0.1, -0.05) is 0 Å². The van der Waals surface area contributed by atoms with E-state index in [0.29, 0.717) is 12.8 Å². The van der Waals surface area contributed by atoms with Crippen LogP contribution >= 0.6 is 0 Å². The second-order valence-corrected chi connectivity index (χ2v) is 6.49. The molecule has 0 aliphatic carbocycles. The molecule has 2 N–H and O–H groups in total. The van der Waals surface area contributed by atoms with Gasteiger partial charge in [0.05, 0.1) is 0 Å². The molecule has 0 bridgehead atoms. The summed E-state index contributed by atoms with van der Waals surface area (Å²) in [6, 6.07) is 0. The average Bonchev–Trinajstić information content (AvgIpc) is 1.93. The Morgan fingerprint density at radius 3 is 1.88 bits per heavy atom. The van der Waals surface area contributed by atoms with Gasteiger partial charge >= 0.3 is 5.97 Å². The molecule has 0 aromatic carbocycles. The monoisotopic (exact) mass is 241 g/mol. The highest BCUT2D eigenvalue weighted by molar-refractivity contribution is 5.97. The van der Waals surface area contributed by atoms with Gasteiger partial charge in [0.2, 0.25) is 0 Å². The van der Waals surface area contributed by atoms with Gasteiger partial charge in [-0.3, -0.25) is 9.59 Å². The number of nitrogens with one attached hydrogen (secondary N) is 1. The van der Waals surface area contributed by atoms with Crippen molar-refractivity contribution in [1.29, 1.82) is 0 Å². The number of piperidine rings is 1. The van der Waals surface area contributed by atoms with E-state index in [2.05, 4.69) is 33.0 Å². The maximum atomic E-state index is 11.5. The number of carboxylic acid groups (broad SMARTS) is 1. The van der Waals surface area contributed by atoms with Gasteiger partial charge in [-0.2, -0.15) is 0 Å². The van der Waals surface area contributed by atoms with E-state index in [-0.39, 0.29) is 22.8 Å². The minimum absolute atomic E-state index is 0.0868. The molecule has 0 amide bonds. The quantitative estimate of drug-likeness (QED) is 0.740. The van der Waals surface area contributed by atoms with Crippen molar-refractivity contribution in [2.24, 2.45) is 11.8 Å². The van der Waals surface area contributed by atoms with Gasteiger partial charge in [-0.15, -0.1) is 0 Å². The van der Waals surface area contributed by atoms with Gasteiger partial charge in [0.25, 0.3) is 0 Å². The zero-order valence-corrected chi connectivity index (χ0v) is 11.3. The van der Waals surface area contributed by atoms with Crippen LogP contribution in [0.3, 0.4) is 0 Å². The minimum Gasteiger partial charge on any atom is -0.481 e. The van der Waals surface area contributed by atoms with Crippen LogP contribution in [-0.4, -0.2) is 27.9 Å². The van der Waals surface area contributed by atoms with E-state index in [1.807, 2.05) is 0 Å². The summed E-state index contributed by atoms with van der Waals surface area (Å²) in [5.41, 5.74) is -0.259. The number of carboxylic acids is 1. The molecule has 17 heavy (non-hydrogen) atoms. The number of hydrogen-bond donors (Lipinski definition) is 2. The van der Waals surface area contributed by atoms with Crippen LogP contribution in [0.1, 0.15) is 47.5 Å². The van der Waals surface area contributed by atoms with E-state index in [0.717, 1.165) is 0 Å². The molecule has 1 heterocycles. The number of rotatable bonds is 3. The first-order valence-electron chi connectivity index (χ1n) is 6.07. The maximum absolute atomic E-state index is 11.5. The van der Waals surface area contributed by atoms with Crippen LogP contribution in [-0.2, 0) is 9.59 Å². The number of carbonyl (C=O) groups excluding carboxylic acids is 1. The fourth-order valence-electron chi connectivity index (χ4n) is 3.34. The second-order valence-electron chi connectivity index (χ2n) is 6.49. The molecular weight excluding hydrogens is 218 g/mol. The molecule has 1 unspecified atom stereocenters. The van der Waals surface area contributed by atoms with Crippen LogP contribution in [0.4, 0.5) is 0 Å². The maximum Gasteiger partial charge on any atom is 0.314 e. The Bertz CT molecular complexity index is 304. The van der Waals surface area contributed by atoms with Crippen molar-refractivity contribution < 1.29 is 14.7 Å². The summed E-state index contributed by atoms with van der Waals surface area (Å²) < 4.78 is 0. The van der Waals surface area contributed by atoms with Crippen LogP contribution in [0.2, 0.25) is 0 Å². The van der Waals surface area contributed by atoms with E-state index in [9.17, 15) is 14.7 Å². The Hall–Kier alpha value is -0.900. The molecule has 1 aliphatic heterocycles. The van der Waals surface area contributed by atoms with E-state index in [1.165, 1.54) is 6.92 Å². The van der Waals surface area contributed by atoms with Crippen molar-refractivity contribution in [3.8, 4) is 0 Å². The van der Waals surface area contributed by atoms with Gasteiger partial charge in [-0.05, 0) is 53.4 Å². The second kappa shape index (κ2) is 4.41. The highest BCUT2D eigenvalue weighted by Crippen LogP contribution is 2.37. The van der Waals surface area contributed by atoms with Crippen LogP contribution in [0.25, 0.3) is 0 Å². The third kappa shape index (κ3) is 3.53. The standard InChI is InChI=1S/C13H23NO3/c1-8(15)10(11(16)17)9-6-12(2,3)14-13(4,5)7-9/h9-10,14H,6-7H2,1-5H3,(H,16,17). The molecule has 1 fully saturated rings. The van der Waals surface area contributed by atoms with Crippen LogP contribution in [0, 0.1) is 11.8 Å². The molecule has 4 heteroatoms. The third-order valence-corrected chi connectivity index (χ3v) is 3.40. The van der Waals surface area contributed by atoms with Gasteiger partial charge in [0.1, 0.15) is 11.7 Å². The zero-order valence-electron chi connectivity index (χ0n) is 11.3. The van der Waals surface area contributed by atoms with Crippen LogP contribution < -0.4 is 5.32 Å². The summed E-state index contributed by atoms with van der Waals surface area (Å²) in [5, 5.41) is 12.7. The first-order valence-corrected chi connectivity index (χ1v) is 6.07. The Morgan fingerprint density at radius 2 is 1.59 bits per heavy atom. The minimum atomic E-state index is -0.990. The van der Waals surface area contributed by atoms with Crippen LogP contribution in [0.15, 0.2) is 0 Å². The molecule has 1 atom stereocenters. The lowest BCUT2D eigenvalue weighted by molar-refractivity contribution is -0.149. The molecule has 98 valence electrons. The highest BCUT2D eigenvalue weighted by Gasteiger charge is 2.44. The molecule has 0 aromatic rings. The third-order valence-electron chi connectivity index (χ3n) is 3.40. The topological polar surface area (TPSA) is 66.4 Å². The van der Waals surface area contributed by atoms with Crippen molar-refractivity contribution in [3.63, 3.8) is 0 Å². The summed E-state index contributed by atoms with van der Waals surface area (Å²) in [6.45, 7) is 9.60. The smallest absolute Gasteiger partial charge is 0.314 e. The number of carbonyl (C=O) groups is 2. The number of Topliss-reactive ketones (excluding diaryl/α,β-unsaturated/α-hetero) is 1. The predicted molar refractivity (Wildman–Crippen MR) is 65.8 cm³/mol. The first kappa shape index (κ1) is 14.2. The molecule has 0 saturated carbocycles. The molecular formula is C13H23NO3. The van der Waals surface area contributed by atoms with E-state index in [4.69, 9.17) is 0 Å². The fourth-order valence-corrected chi connectivity index (χ4v) is 3.34. The lowest BCUT2D eigenvalue weighted by Crippen LogP contribution is -2.59. The summed E-state index contributed by atoms with van der Waals surface area (Å²) >= 11 is 0. The van der Waals surface area contributed by atoms with E-state index >= 15 is 0 Å². The summed E-state index contributed by atoms with van der Waals surface area (Å²) in [7, 11) is 0. The van der Waals surface area contributed by atoms with Crippen molar-refractivity contribution in [2.75, 3.05) is 0 Å². The predicted octanol–water partition coefficient (Wildman–Crippen LogP) is 1.83. The first-order chi connectivity index (χ1) is 7.54. The Morgan fingerprint density at radius 1 is 1.18 bits per heavy atom.